The van der Waals surface area contributed by atoms with E-state index in [0.717, 1.165) is 11.4 Å². The first-order valence-electron chi connectivity index (χ1n) is 6.37. The van der Waals surface area contributed by atoms with Gasteiger partial charge >= 0.3 is 0 Å². The first-order valence-corrected chi connectivity index (χ1v) is 7.63. The van der Waals surface area contributed by atoms with Gasteiger partial charge in [0.25, 0.3) is 0 Å². The van der Waals surface area contributed by atoms with Crippen LogP contribution in [0.5, 0.6) is 0 Å². The lowest BCUT2D eigenvalue weighted by Crippen LogP contribution is -2.37. The molecular formula is C14H22ClNOS. The highest BCUT2D eigenvalue weighted by molar-refractivity contribution is 7.10. The van der Waals surface area contributed by atoms with Crippen LogP contribution in [0.4, 0.5) is 0 Å². The van der Waals surface area contributed by atoms with E-state index in [1.807, 2.05) is 13.1 Å². The highest BCUT2D eigenvalue weighted by atomic mass is 35.5. The average molecular weight is 288 g/mol. The zero-order valence-electron chi connectivity index (χ0n) is 11.7. The van der Waals surface area contributed by atoms with Gasteiger partial charge < -0.3 is 10.1 Å². The van der Waals surface area contributed by atoms with Crippen molar-refractivity contribution in [3.63, 3.8) is 0 Å². The third-order valence-electron chi connectivity index (χ3n) is 3.78. The molecule has 1 saturated heterocycles. The van der Waals surface area contributed by atoms with Gasteiger partial charge in [0.1, 0.15) is 0 Å². The Labute approximate surface area is 119 Å². The molecule has 2 rings (SSSR count). The number of rotatable bonds is 3. The van der Waals surface area contributed by atoms with E-state index in [-0.39, 0.29) is 17.2 Å². The summed E-state index contributed by atoms with van der Waals surface area (Å²) in [6.07, 6.45) is 1.04. The number of hydrogen-bond acceptors (Lipinski definition) is 3. The minimum Gasteiger partial charge on any atom is -0.369 e. The Morgan fingerprint density at radius 1 is 1.44 bits per heavy atom. The highest BCUT2D eigenvalue weighted by Gasteiger charge is 2.49. The molecule has 1 aromatic heterocycles. The number of nitrogens with one attached hydrogen (secondary N) is 1. The van der Waals surface area contributed by atoms with Crippen LogP contribution >= 0.6 is 22.9 Å². The first kappa shape index (κ1) is 14.3. The minimum absolute atomic E-state index is 0.0625. The summed E-state index contributed by atoms with van der Waals surface area (Å²) in [5, 5.41) is 6.34. The van der Waals surface area contributed by atoms with Gasteiger partial charge in [0.2, 0.25) is 0 Å². The fourth-order valence-corrected chi connectivity index (χ4v) is 4.52. The summed E-state index contributed by atoms with van der Waals surface area (Å²) in [6.45, 7) is 8.69. The summed E-state index contributed by atoms with van der Waals surface area (Å²) < 4.78 is 6.19. The smallest absolute Gasteiger partial charge is 0.0681 e. The summed E-state index contributed by atoms with van der Waals surface area (Å²) >= 11 is 8.01. The predicted octanol–water partition coefficient (Wildman–Crippen LogP) is 4.26. The molecule has 102 valence electrons. The summed E-state index contributed by atoms with van der Waals surface area (Å²) in [5.41, 5.74) is -0.197. The fraction of sp³-hybridized carbons (Fsp3) is 0.714. The van der Waals surface area contributed by atoms with E-state index in [1.54, 1.807) is 11.3 Å². The zero-order valence-corrected chi connectivity index (χ0v) is 13.3. The molecule has 0 aliphatic carbocycles. The Bertz CT molecular complexity index is 427. The van der Waals surface area contributed by atoms with Gasteiger partial charge in [-0.05, 0) is 52.6 Å². The molecule has 4 heteroatoms. The van der Waals surface area contributed by atoms with Crippen molar-refractivity contribution in [2.75, 3.05) is 7.05 Å². The summed E-state index contributed by atoms with van der Waals surface area (Å²) in [6, 6.07) is 2.23. The molecule has 2 atom stereocenters. The Kier molecular flexibility index (Phi) is 3.81. The van der Waals surface area contributed by atoms with Crippen LogP contribution in [0.3, 0.4) is 0 Å². The molecule has 0 spiro atoms. The van der Waals surface area contributed by atoms with Crippen molar-refractivity contribution in [1.29, 1.82) is 0 Å². The monoisotopic (exact) mass is 287 g/mol. The van der Waals surface area contributed by atoms with Gasteiger partial charge in [0.15, 0.2) is 0 Å². The van der Waals surface area contributed by atoms with E-state index in [2.05, 4.69) is 38.4 Å². The van der Waals surface area contributed by atoms with E-state index in [4.69, 9.17) is 16.3 Å². The lowest BCUT2D eigenvalue weighted by Gasteiger charge is -2.32. The van der Waals surface area contributed by atoms with Gasteiger partial charge in [-0.15, -0.1) is 11.3 Å². The molecule has 0 bridgehead atoms. The number of hydrogen-bond donors (Lipinski definition) is 1. The topological polar surface area (TPSA) is 21.3 Å². The Morgan fingerprint density at radius 3 is 2.50 bits per heavy atom. The number of ether oxygens (including phenoxy) is 1. The summed E-state index contributed by atoms with van der Waals surface area (Å²) in [7, 11) is 2.00. The maximum atomic E-state index is 6.29. The zero-order chi connectivity index (χ0) is 13.6. The van der Waals surface area contributed by atoms with E-state index in [9.17, 15) is 0 Å². The Morgan fingerprint density at radius 2 is 2.11 bits per heavy atom. The first-order chi connectivity index (χ1) is 8.27. The van der Waals surface area contributed by atoms with Crippen molar-refractivity contribution < 1.29 is 4.74 Å². The maximum absolute atomic E-state index is 6.29. The molecule has 2 unspecified atom stereocenters. The third kappa shape index (κ3) is 2.60. The largest absolute Gasteiger partial charge is 0.369 e. The molecule has 0 saturated carbocycles. The fourth-order valence-electron chi connectivity index (χ4n) is 3.17. The van der Waals surface area contributed by atoms with Crippen molar-refractivity contribution in [1.82, 2.24) is 5.32 Å². The molecule has 18 heavy (non-hydrogen) atoms. The van der Waals surface area contributed by atoms with Crippen molar-refractivity contribution in [2.24, 2.45) is 5.92 Å². The van der Waals surface area contributed by atoms with Crippen molar-refractivity contribution in [3.8, 4) is 0 Å². The van der Waals surface area contributed by atoms with E-state index < -0.39 is 0 Å². The van der Waals surface area contributed by atoms with Crippen molar-refractivity contribution in [2.45, 2.75) is 51.4 Å². The molecule has 1 aliphatic heterocycles. The summed E-state index contributed by atoms with van der Waals surface area (Å²) in [4.78, 5) is 1.22. The normalized spacial score (nSPS) is 27.3. The van der Waals surface area contributed by atoms with Crippen LogP contribution in [0.2, 0.25) is 5.02 Å². The second-order valence-electron chi connectivity index (χ2n) is 6.17. The van der Waals surface area contributed by atoms with Crippen LogP contribution in [-0.2, 0) is 4.74 Å². The van der Waals surface area contributed by atoms with Crippen molar-refractivity contribution in [3.05, 3.63) is 21.3 Å². The second kappa shape index (κ2) is 4.78. The van der Waals surface area contributed by atoms with Gasteiger partial charge in [-0.2, -0.15) is 0 Å². The molecule has 2 nitrogen and oxygen atoms in total. The van der Waals surface area contributed by atoms with Crippen LogP contribution in [0, 0.1) is 5.92 Å². The van der Waals surface area contributed by atoms with Crippen LogP contribution in [0.25, 0.3) is 0 Å². The van der Waals surface area contributed by atoms with Gasteiger partial charge in [0, 0.05) is 16.8 Å². The maximum Gasteiger partial charge on any atom is 0.0681 e. The molecule has 0 aromatic carbocycles. The second-order valence-corrected chi connectivity index (χ2v) is 7.53. The third-order valence-corrected chi connectivity index (χ3v) is 5.23. The standard InChI is InChI=1S/C14H22ClNOS/c1-13(2)8-9(14(3,4)17-13)11(16-5)12-10(15)6-7-18-12/h6-7,9,11,16H,8H2,1-5H3. The van der Waals surface area contributed by atoms with Crippen molar-refractivity contribution >= 4 is 22.9 Å². The van der Waals surface area contributed by atoms with Crippen LogP contribution in [0.15, 0.2) is 11.4 Å². The highest BCUT2D eigenvalue weighted by Crippen LogP contribution is 2.49. The molecule has 1 N–H and O–H groups in total. The summed E-state index contributed by atoms with van der Waals surface area (Å²) in [5.74, 6) is 0.425. The van der Waals surface area contributed by atoms with Crippen LogP contribution in [-0.4, -0.2) is 18.2 Å². The molecule has 1 aliphatic rings. The van der Waals surface area contributed by atoms with E-state index in [0.29, 0.717) is 5.92 Å². The van der Waals surface area contributed by atoms with Gasteiger partial charge in [0.05, 0.1) is 16.2 Å². The van der Waals surface area contributed by atoms with E-state index >= 15 is 0 Å². The lowest BCUT2D eigenvalue weighted by atomic mass is 9.81. The van der Waals surface area contributed by atoms with Crippen LogP contribution in [0.1, 0.15) is 45.0 Å². The SMILES string of the molecule is CNC(c1sccc1Cl)C1CC(C)(C)OC1(C)C. The van der Waals surface area contributed by atoms with Gasteiger partial charge in [-0.3, -0.25) is 0 Å². The van der Waals surface area contributed by atoms with Crippen LogP contribution < -0.4 is 5.32 Å². The average Bonchev–Trinajstić information content (AvgIpc) is 2.71. The lowest BCUT2D eigenvalue weighted by molar-refractivity contribution is -0.0775. The molecule has 1 fully saturated rings. The molecule has 1 aromatic rings. The molecule has 0 radical (unpaired) electrons. The quantitative estimate of drug-likeness (QED) is 0.897. The molecule has 2 heterocycles. The van der Waals surface area contributed by atoms with Gasteiger partial charge in [-0.25, -0.2) is 0 Å². The molecular weight excluding hydrogens is 266 g/mol. The van der Waals surface area contributed by atoms with Gasteiger partial charge in [-0.1, -0.05) is 11.6 Å². The Hall–Kier alpha value is -0.0900. The van der Waals surface area contributed by atoms with E-state index in [1.165, 1.54) is 4.88 Å². The number of thiophene rings is 1. The molecule has 0 amide bonds. The minimum atomic E-state index is -0.134. The predicted molar refractivity (Wildman–Crippen MR) is 78.5 cm³/mol. The Balaban J connectivity index is 2.32. The number of halogens is 1.